The molecule has 0 radical (unpaired) electrons. The number of rotatable bonds is 5. The van der Waals surface area contributed by atoms with Crippen molar-refractivity contribution in [3.8, 4) is 11.8 Å². The van der Waals surface area contributed by atoms with Crippen molar-refractivity contribution in [3.63, 3.8) is 0 Å². The summed E-state index contributed by atoms with van der Waals surface area (Å²) < 4.78 is 27.2. The average Bonchev–Trinajstić information content (AvgIpc) is 3.24. The maximum atomic E-state index is 12.2. The summed E-state index contributed by atoms with van der Waals surface area (Å²) in [6.07, 6.45) is 6.96. The Morgan fingerprint density at radius 1 is 1.50 bits per heavy atom. The molecule has 2 rings (SSSR count). The third-order valence-electron chi connectivity index (χ3n) is 3.18. The largest absolute Gasteiger partial charge is 0.320 e. The first-order valence-electron chi connectivity index (χ1n) is 6.20. The molecule has 5 nitrogen and oxygen atoms in total. The molecule has 1 aliphatic rings. The van der Waals surface area contributed by atoms with Crippen LogP contribution in [0.2, 0.25) is 0 Å². The van der Waals surface area contributed by atoms with E-state index in [1.54, 1.807) is 11.8 Å². The maximum absolute atomic E-state index is 12.2. The number of thioether (sulfide) groups is 1. The summed E-state index contributed by atoms with van der Waals surface area (Å²) in [7, 11) is -3.54. The van der Waals surface area contributed by atoms with E-state index in [4.69, 9.17) is 5.73 Å². The zero-order valence-corrected chi connectivity index (χ0v) is 12.9. The van der Waals surface area contributed by atoms with Gasteiger partial charge < -0.3 is 5.73 Å². The molecule has 0 unspecified atom stereocenters. The molecule has 0 saturated heterocycles. The Morgan fingerprint density at radius 2 is 2.25 bits per heavy atom. The standard InChI is InChI=1S/C13H17N3O2S2/c1-19-13(4-5-13)10-16-20(17,18)12-7-11(3-2-6-14)8-15-9-12/h7-9,16H,4-6,10,14H2,1H3. The highest BCUT2D eigenvalue weighted by Gasteiger charge is 2.42. The van der Waals surface area contributed by atoms with Crippen molar-refractivity contribution < 1.29 is 8.42 Å². The van der Waals surface area contributed by atoms with E-state index in [2.05, 4.69) is 21.5 Å². The van der Waals surface area contributed by atoms with E-state index in [9.17, 15) is 8.42 Å². The first kappa shape index (κ1) is 15.3. The fourth-order valence-electron chi connectivity index (χ4n) is 1.69. The molecule has 0 aromatic carbocycles. The fraction of sp³-hybridized carbons (Fsp3) is 0.462. The Balaban J connectivity index is 2.12. The zero-order valence-electron chi connectivity index (χ0n) is 11.2. The first-order valence-corrected chi connectivity index (χ1v) is 8.91. The monoisotopic (exact) mass is 311 g/mol. The molecule has 1 aromatic rings. The van der Waals surface area contributed by atoms with Crippen molar-refractivity contribution in [1.29, 1.82) is 0 Å². The van der Waals surface area contributed by atoms with Crippen molar-refractivity contribution in [3.05, 3.63) is 24.0 Å². The number of sulfonamides is 1. The van der Waals surface area contributed by atoms with Crippen LogP contribution in [0.5, 0.6) is 0 Å². The minimum Gasteiger partial charge on any atom is -0.320 e. The van der Waals surface area contributed by atoms with Gasteiger partial charge in [-0.2, -0.15) is 11.8 Å². The molecule has 1 aliphatic carbocycles. The van der Waals surface area contributed by atoms with E-state index in [0.29, 0.717) is 12.1 Å². The normalized spacial score (nSPS) is 16.3. The van der Waals surface area contributed by atoms with Gasteiger partial charge in [0.25, 0.3) is 0 Å². The molecule has 108 valence electrons. The summed E-state index contributed by atoms with van der Waals surface area (Å²) in [5.41, 5.74) is 5.84. The van der Waals surface area contributed by atoms with Crippen LogP contribution in [-0.4, -0.2) is 37.5 Å². The van der Waals surface area contributed by atoms with Crippen LogP contribution in [0.15, 0.2) is 23.4 Å². The predicted octanol–water partition coefficient (Wildman–Crippen LogP) is 0.566. The lowest BCUT2D eigenvalue weighted by molar-refractivity contribution is 0.579. The van der Waals surface area contributed by atoms with E-state index >= 15 is 0 Å². The molecular formula is C13H17N3O2S2. The second kappa shape index (κ2) is 6.14. The number of pyridine rings is 1. The Morgan fingerprint density at radius 3 is 2.85 bits per heavy atom. The molecule has 0 atom stereocenters. The van der Waals surface area contributed by atoms with Crippen molar-refractivity contribution in [2.24, 2.45) is 5.73 Å². The molecule has 1 heterocycles. The minimum absolute atomic E-state index is 0.0808. The molecule has 3 N–H and O–H groups in total. The molecule has 7 heteroatoms. The van der Waals surface area contributed by atoms with Crippen LogP contribution in [-0.2, 0) is 10.0 Å². The van der Waals surface area contributed by atoms with Crippen molar-refractivity contribution in [2.45, 2.75) is 22.5 Å². The van der Waals surface area contributed by atoms with Gasteiger partial charge in [-0.05, 0) is 25.2 Å². The molecule has 20 heavy (non-hydrogen) atoms. The maximum Gasteiger partial charge on any atom is 0.242 e. The van der Waals surface area contributed by atoms with Gasteiger partial charge in [0.05, 0.1) is 6.54 Å². The summed E-state index contributed by atoms with van der Waals surface area (Å²) >= 11 is 1.71. The molecule has 1 aromatic heterocycles. The first-order chi connectivity index (χ1) is 9.51. The van der Waals surface area contributed by atoms with Crippen molar-refractivity contribution >= 4 is 21.8 Å². The number of nitrogens with zero attached hydrogens (tertiary/aromatic N) is 1. The molecule has 0 spiro atoms. The van der Waals surface area contributed by atoms with Crippen LogP contribution in [0.1, 0.15) is 18.4 Å². The summed E-state index contributed by atoms with van der Waals surface area (Å²) in [5, 5.41) is 0. The quantitative estimate of drug-likeness (QED) is 0.776. The zero-order chi connectivity index (χ0) is 14.6. The van der Waals surface area contributed by atoms with Crippen LogP contribution < -0.4 is 10.5 Å². The lowest BCUT2D eigenvalue weighted by Gasteiger charge is -2.13. The van der Waals surface area contributed by atoms with Gasteiger partial charge in [-0.25, -0.2) is 13.1 Å². The van der Waals surface area contributed by atoms with Crippen LogP contribution in [0.3, 0.4) is 0 Å². The molecule has 0 bridgehead atoms. The molecular weight excluding hydrogens is 294 g/mol. The summed E-state index contributed by atoms with van der Waals surface area (Å²) in [5.74, 6) is 5.46. The Kier molecular flexibility index (Phi) is 4.70. The Labute approximate surface area is 123 Å². The van der Waals surface area contributed by atoms with Crippen LogP contribution >= 0.6 is 11.8 Å². The minimum atomic E-state index is -3.54. The highest BCUT2D eigenvalue weighted by atomic mass is 32.2. The van der Waals surface area contributed by atoms with Gasteiger partial charge in [-0.3, -0.25) is 4.98 Å². The van der Waals surface area contributed by atoms with E-state index < -0.39 is 10.0 Å². The van der Waals surface area contributed by atoms with E-state index in [-0.39, 0.29) is 16.2 Å². The number of nitrogens with one attached hydrogen (secondary N) is 1. The van der Waals surface area contributed by atoms with Gasteiger partial charge in [0.15, 0.2) is 0 Å². The molecule has 0 amide bonds. The van der Waals surface area contributed by atoms with Crippen molar-refractivity contribution in [2.75, 3.05) is 19.3 Å². The van der Waals surface area contributed by atoms with E-state index in [1.807, 2.05) is 6.26 Å². The van der Waals surface area contributed by atoms with E-state index in [0.717, 1.165) is 12.8 Å². The smallest absolute Gasteiger partial charge is 0.242 e. The summed E-state index contributed by atoms with van der Waals surface area (Å²) in [4.78, 5) is 4.05. The third kappa shape index (κ3) is 3.73. The average molecular weight is 311 g/mol. The molecule has 1 fully saturated rings. The third-order valence-corrected chi connectivity index (χ3v) is 5.97. The topological polar surface area (TPSA) is 85.1 Å². The van der Waals surface area contributed by atoms with Crippen LogP contribution in [0.25, 0.3) is 0 Å². The lowest BCUT2D eigenvalue weighted by Crippen LogP contribution is -2.31. The second-order valence-electron chi connectivity index (χ2n) is 4.63. The van der Waals surface area contributed by atoms with Gasteiger partial charge >= 0.3 is 0 Å². The lowest BCUT2D eigenvalue weighted by atomic mass is 10.3. The summed E-state index contributed by atoms with van der Waals surface area (Å²) in [6.45, 7) is 0.681. The number of aromatic nitrogens is 1. The van der Waals surface area contributed by atoms with Crippen molar-refractivity contribution in [1.82, 2.24) is 9.71 Å². The Hall–Kier alpha value is -1.07. The van der Waals surface area contributed by atoms with Gasteiger partial charge in [-0.1, -0.05) is 11.8 Å². The van der Waals surface area contributed by atoms with Gasteiger partial charge in [0.2, 0.25) is 10.0 Å². The molecule has 1 saturated carbocycles. The SMILES string of the molecule is CSC1(CNS(=O)(=O)c2cncc(C#CCN)c2)CC1. The van der Waals surface area contributed by atoms with Gasteiger partial charge in [0, 0.05) is 29.2 Å². The Bertz CT molecular complexity index is 643. The van der Waals surface area contributed by atoms with Gasteiger partial charge in [-0.15, -0.1) is 0 Å². The highest BCUT2D eigenvalue weighted by molar-refractivity contribution is 8.00. The van der Waals surface area contributed by atoms with Crippen LogP contribution in [0, 0.1) is 11.8 Å². The number of hydrogen-bond acceptors (Lipinski definition) is 5. The van der Waals surface area contributed by atoms with Gasteiger partial charge in [0.1, 0.15) is 4.90 Å². The predicted molar refractivity (Wildman–Crippen MR) is 80.8 cm³/mol. The van der Waals surface area contributed by atoms with Crippen LogP contribution in [0.4, 0.5) is 0 Å². The molecule has 0 aliphatic heterocycles. The fourth-order valence-corrected chi connectivity index (χ4v) is 3.62. The second-order valence-corrected chi connectivity index (χ2v) is 7.67. The summed E-state index contributed by atoms with van der Waals surface area (Å²) in [6, 6.07) is 1.51. The van der Waals surface area contributed by atoms with E-state index in [1.165, 1.54) is 18.5 Å². The number of hydrogen-bond donors (Lipinski definition) is 2. The number of nitrogens with two attached hydrogens (primary N) is 1. The highest BCUT2D eigenvalue weighted by Crippen LogP contribution is 2.46.